The average Bonchev–Trinajstić information content (AvgIpc) is 2.06. The summed E-state index contributed by atoms with van der Waals surface area (Å²) in [6, 6.07) is 4.10. The van der Waals surface area contributed by atoms with Crippen LogP contribution in [0.3, 0.4) is 0 Å². The molecular weight excluding hydrogens is 156 g/mol. The van der Waals surface area contributed by atoms with Gasteiger partial charge in [0.25, 0.3) is 0 Å². The molecule has 1 rings (SSSR count). The third-order valence-corrected chi connectivity index (χ3v) is 1.55. The van der Waals surface area contributed by atoms with Gasteiger partial charge in [0.05, 0.1) is 16.7 Å². The molecule has 0 saturated heterocycles. The SMILES string of the molecule is [2H]C([2H])([2H])Oc1cc(C(=O)O)ccc1C. The zero-order valence-corrected chi connectivity index (χ0v) is 6.50. The number of rotatable bonds is 2. The molecule has 0 aromatic heterocycles. The molecule has 0 aliphatic carbocycles. The van der Waals surface area contributed by atoms with E-state index in [0.717, 1.165) is 0 Å². The molecule has 1 aromatic carbocycles. The van der Waals surface area contributed by atoms with Crippen LogP contribution in [0, 0.1) is 6.92 Å². The van der Waals surface area contributed by atoms with E-state index >= 15 is 0 Å². The van der Waals surface area contributed by atoms with Gasteiger partial charge in [-0.3, -0.25) is 0 Å². The smallest absolute Gasteiger partial charge is 0.335 e. The van der Waals surface area contributed by atoms with Crippen molar-refractivity contribution >= 4 is 5.97 Å². The van der Waals surface area contributed by atoms with Gasteiger partial charge >= 0.3 is 5.97 Å². The summed E-state index contributed by atoms with van der Waals surface area (Å²) in [7, 11) is -2.57. The Kier molecular flexibility index (Phi) is 1.41. The average molecular weight is 169 g/mol. The van der Waals surface area contributed by atoms with Crippen LogP contribution in [0.4, 0.5) is 0 Å². The van der Waals surface area contributed by atoms with Crippen molar-refractivity contribution in [3.05, 3.63) is 29.3 Å². The van der Waals surface area contributed by atoms with Gasteiger partial charge in [-0.25, -0.2) is 4.79 Å². The van der Waals surface area contributed by atoms with E-state index in [9.17, 15) is 4.79 Å². The molecule has 0 saturated carbocycles. The maximum absolute atomic E-state index is 10.6. The predicted octanol–water partition coefficient (Wildman–Crippen LogP) is 1.70. The van der Waals surface area contributed by atoms with Crippen molar-refractivity contribution < 1.29 is 18.8 Å². The third kappa shape index (κ3) is 1.56. The van der Waals surface area contributed by atoms with E-state index in [1.54, 1.807) is 6.92 Å². The number of ether oxygens (including phenoxy) is 1. The van der Waals surface area contributed by atoms with Gasteiger partial charge in [-0.1, -0.05) is 6.07 Å². The van der Waals surface area contributed by atoms with Crippen molar-refractivity contribution in [2.24, 2.45) is 0 Å². The Morgan fingerprint density at radius 2 is 2.42 bits per heavy atom. The van der Waals surface area contributed by atoms with Gasteiger partial charge in [-0.2, -0.15) is 0 Å². The summed E-state index contributed by atoms with van der Waals surface area (Å²) in [6.45, 7) is 1.65. The number of aromatic carboxylic acids is 1. The molecule has 0 aliphatic rings. The minimum atomic E-state index is -2.57. The van der Waals surface area contributed by atoms with E-state index < -0.39 is 13.0 Å². The van der Waals surface area contributed by atoms with Crippen molar-refractivity contribution in [1.29, 1.82) is 0 Å². The van der Waals surface area contributed by atoms with Crippen molar-refractivity contribution in [2.45, 2.75) is 6.92 Å². The zero-order valence-electron chi connectivity index (χ0n) is 9.50. The Morgan fingerprint density at radius 1 is 1.67 bits per heavy atom. The fourth-order valence-electron chi connectivity index (χ4n) is 0.843. The summed E-state index contributed by atoms with van der Waals surface area (Å²) in [5.74, 6) is -1.06. The molecule has 0 bridgehead atoms. The van der Waals surface area contributed by atoms with Crippen LogP contribution in [0.2, 0.25) is 0 Å². The van der Waals surface area contributed by atoms with Gasteiger partial charge in [-0.15, -0.1) is 0 Å². The lowest BCUT2D eigenvalue weighted by Gasteiger charge is -2.04. The summed E-state index contributed by atoms with van der Waals surface area (Å²) in [4.78, 5) is 10.6. The summed E-state index contributed by atoms with van der Waals surface area (Å²) >= 11 is 0. The van der Waals surface area contributed by atoms with Crippen LogP contribution in [0.15, 0.2) is 18.2 Å². The first-order valence-electron chi connectivity index (χ1n) is 4.82. The summed E-state index contributed by atoms with van der Waals surface area (Å²) in [5.41, 5.74) is 0.580. The largest absolute Gasteiger partial charge is 0.496 e. The Labute approximate surface area is 74.8 Å². The highest BCUT2D eigenvalue weighted by atomic mass is 16.5. The van der Waals surface area contributed by atoms with Gasteiger partial charge in [0, 0.05) is 0 Å². The number of methoxy groups -OCH3 is 1. The highest BCUT2D eigenvalue weighted by molar-refractivity contribution is 5.88. The topological polar surface area (TPSA) is 46.5 Å². The Balaban J connectivity index is 3.06. The van der Waals surface area contributed by atoms with E-state index in [2.05, 4.69) is 4.74 Å². The van der Waals surface area contributed by atoms with Crippen LogP contribution < -0.4 is 4.74 Å². The lowest BCUT2D eigenvalue weighted by molar-refractivity contribution is 0.0696. The minimum absolute atomic E-state index is 0.000139. The molecular formula is C9H10O3. The second-order valence-corrected chi connectivity index (χ2v) is 2.39. The summed E-state index contributed by atoms with van der Waals surface area (Å²) in [6.07, 6.45) is 0. The fourth-order valence-corrected chi connectivity index (χ4v) is 0.843. The van der Waals surface area contributed by atoms with Crippen LogP contribution in [0.1, 0.15) is 20.0 Å². The molecule has 64 valence electrons. The molecule has 0 spiro atoms. The zero-order chi connectivity index (χ0) is 11.6. The van der Waals surface area contributed by atoms with Crippen LogP contribution in [-0.4, -0.2) is 18.1 Å². The number of hydrogen-bond acceptors (Lipinski definition) is 2. The van der Waals surface area contributed by atoms with Crippen LogP contribution in [0.25, 0.3) is 0 Å². The van der Waals surface area contributed by atoms with Crippen molar-refractivity contribution in [3.8, 4) is 5.75 Å². The van der Waals surface area contributed by atoms with Crippen molar-refractivity contribution in [1.82, 2.24) is 0 Å². The molecule has 1 N–H and O–H groups in total. The quantitative estimate of drug-likeness (QED) is 0.733. The number of carboxylic acids is 1. The second kappa shape index (κ2) is 3.26. The van der Waals surface area contributed by atoms with E-state index in [0.29, 0.717) is 5.56 Å². The maximum Gasteiger partial charge on any atom is 0.335 e. The molecule has 0 atom stereocenters. The van der Waals surface area contributed by atoms with E-state index in [1.165, 1.54) is 18.2 Å². The van der Waals surface area contributed by atoms with Crippen LogP contribution >= 0.6 is 0 Å². The minimum Gasteiger partial charge on any atom is -0.496 e. The molecule has 0 fully saturated rings. The second-order valence-electron chi connectivity index (χ2n) is 2.39. The first-order valence-corrected chi connectivity index (χ1v) is 3.32. The third-order valence-electron chi connectivity index (χ3n) is 1.55. The lowest BCUT2D eigenvalue weighted by atomic mass is 10.1. The molecule has 0 aliphatic heterocycles. The number of carboxylic acid groups (broad SMARTS) is 1. The molecule has 12 heavy (non-hydrogen) atoms. The molecule has 0 amide bonds. The summed E-state index contributed by atoms with van der Waals surface area (Å²) in [5, 5.41) is 8.70. The molecule has 3 nitrogen and oxygen atoms in total. The van der Waals surface area contributed by atoms with E-state index in [4.69, 9.17) is 9.22 Å². The molecule has 0 unspecified atom stereocenters. The predicted molar refractivity (Wildman–Crippen MR) is 44.7 cm³/mol. The Morgan fingerprint density at radius 3 is 3.00 bits per heavy atom. The normalized spacial score (nSPS) is 14.2. The molecule has 0 heterocycles. The molecule has 1 aromatic rings. The first-order chi connectivity index (χ1) is 6.79. The number of hydrogen-bond donors (Lipinski definition) is 1. The fraction of sp³-hybridized carbons (Fsp3) is 0.222. The van der Waals surface area contributed by atoms with Crippen molar-refractivity contribution in [3.63, 3.8) is 0 Å². The van der Waals surface area contributed by atoms with Crippen LogP contribution in [0.5, 0.6) is 5.75 Å². The Hall–Kier alpha value is -1.51. The number of benzene rings is 1. The molecule has 3 heteroatoms. The van der Waals surface area contributed by atoms with Gasteiger partial charge in [0.2, 0.25) is 0 Å². The highest BCUT2D eigenvalue weighted by Gasteiger charge is 2.05. The van der Waals surface area contributed by atoms with Crippen LogP contribution in [-0.2, 0) is 0 Å². The summed E-state index contributed by atoms with van der Waals surface area (Å²) < 4.78 is 25.4. The number of carbonyl (C=O) groups is 1. The van der Waals surface area contributed by atoms with E-state index in [-0.39, 0.29) is 11.3 Å². The highest BCUT2D eigenvalue weighted by Crippen LogP contribution is 2.18. The standard InChI is InChI=1S/C9H10O3/c1-6-3-4-7(9(10)11)5-8(6)12-2/h3-5H,1-2H3,(H,10,11)/i2D3. The van der Waals surface area contributed by atoms with Crippen molar-refractivity contribution in [2.75, 3.05) is 7.04 Å². The van der Waals surface area contributed by atoms with Gasteiger partial charge < -0.3 is 9.84 Å². The Bertz CT molecular complexity index is 385. The van der Waals surface area contributed by atoms with Gasteiger partial charge in [0.1, 0.15) is 5.75 Å². The van der Waals surface area contributed by atoms with E-state index in [1.807, 2.05) is 0 Å². The molecule has 0 radical (unpaired) electrons. The monoisotopic (exact) mass is 169 g/mol. The maximum atomic E-state index is 10.6. The van der Waals surface area contributed by atoms with Gasteiger partial charge in [-0.05, 0) is 24.6 Å². The number of aryl methyl sites for hydroxylation is 1. The first kappa shape index (κ1) is 5.19. The lowest BCUT2D eigenvalue weighted by Crippen LogP contribution is -1.97. The van der Waals surface area contributed by atoms with Gasteiger partial charge in [0.15, 0.2) is 0 Å².